The summed E-state index contributed by atoms with van der Waals surface area (Å²) in [6.45, 7) is 3.30. The number of nitrogens with zero attached hydrogens (tertiary/aromatic N) is 2. The fourth-order valence-corrected chi connectivity index (χ4v) is 3.72. The van der Waals surface area contributed by atoms with Crippen molar-refractivity contribution in [2.24, 2.45) is 5.73 Å². The molecule has 2 N–H and O–H groups in total. The van der Waals surface area contributed by atoms with E-state index in [-0.39, 0.29) is 35.1 Å². The maximum absolute atomic E-state index is 14.4. The molecule has 0 aliphatic carbocycles. The minimum atomic E-state index is -4.15. The minimum absolute atomic E-state index is 0.0413. The number of benzene rings is 1. The van der Waals surface area contributed by atoms with E-state index in [0.29, 0.717) is 18.5 Å². The molecule has 2 heterocycles. The molecule has 0 spiro atoms. The molecular formula is C23H26F3N3O4. The number of carbonyl (C=O) groups excluding carboxylic acids is 2. The van der Waals surface area contributed by atoms with E-state index in [0.717, 1.165) is 17.8 Å². The lowest BCUT2D eigenvalue weighted by Gasteiger charge is -2.25. The van der Waals surface area contributed by atoms with Crippen LogP contribution in [-0.4, -0.2) is 53.3 Å². The zero-order chi connectivity index (χ0) is 24.3. The van der Waals surface area contributed by atoms with Gasteiger partial charge in [0.15, 0.2) is 0 Å². The smallest absolute Gasteiger partial charge is 0.429 e. The van der Waals surface area contributed by atoms with Gasteiger partial charge in [-0.15, -0.1) is 0 Å². The molecule has 10 heteroatoms. The van der Waals surface area contributed by atoms with E-state index >= 15 is 0 Å². The van der Waals surface area contributed by atoms with E-state index < -0.39 is 29.8 Å². The van der Waals surface area contributed by atoms with E-state index in [1.54, 1.807) is 31.2 Å². The molecule has 1 aliphatic rings. The van der Waals surface area contributed by atoms with Crippen LogP contribution in [0.5, 0.6) is 0 Å². The lowest BCUT2D eigenvalue weighted by atomic mass is 9.91. The summed E-state index contributed by atoms with van der Waals surface area (Å²) in [6.07, 6.45) is 0.169. The fourth-order valence-electron chi connectivity index (χ4n) is 3.72. The molecule has 0 saturated carbocycles. The number of rotatable bonds is 7. The van der Waals surface area contributed by atoms with Gasteiger partial charge in [0.2, 0.25) is 5.91 Å². The summed E-state index contributed by atoms with van der Waals surface area (Å²) >= 11 is 0. The Morgan fingerprint density at radius 1 is 1.18 bits per heavy atom. The zero-order valence-corrected chi connectivity index (χ0v) is 18.3. The number of hydrogen-bond donors (Lipinski definition) is 1. The topological polar surface area (TPSA) is 94.6 Å². The summed E-state index contributed by atoms with van der Waals surface area (Å²) in [4.78, 5) is 37.6. The van der Waals surface area contributed by atoms with Crippen LogP contribution in [0.1, 0.15) is 31.7 Å². The van der Waals surface area contributed by atoms with Gasteiger partial charge in [0.05, 0.1) is 19.2 Å². The van der Waals surface area contributed by atoms with Crippen LogP contribution in [0, 0.1) is 0 Å². The molecular weight excluding hydrogens is 439 g/mol. The number of pyridine rings is 1. The number of nitrogens with two attached hydrogens (primary N) is 1. The van der Waals surface area contributed by atoms with Crippen LogP contribution in [0.25, 0.3) is 11.1 Å². The average molecular weight is 465 g/mol. The Bertz CT molecular complexity index is 1070. The first-order valence-corrected chi connectivity index (χ1v) is 10.6. The largest absolute Gasteiger partial charge is 0.460 e. The third-order valence-electron chi connectivity index (χ3n) is 5.77. The summed E-state index contributed by atoms with van der Waals surface area (Å²) in [7, 11) is 0. The third-order valence-corrected chi connectivity index (χ3v) is 5.77. The fraction of sp³-hybridized carbons (Fsp3) is 0.435. The SMILES string of the molecule is CCOC(=O)C(F)(F)n1cc(-c2ccc([C@H](C)[C@H](N)C(=O)N3CC[C@H](F)C3)cc2)ccc1=O. The van der Waals surface area contributed by atoms with Gasteiger partial charge < -0.3 is 15.4 Å². The van der Waals surface area contributed by atoms with Crippen LogP contribution in [0.15, 0.2) is 47.4 Å². The van der Waals surface area contributed by atoms with Crippen LogP contribution in [-0.2, 0) is 20.4 Å². The monoisotopic (exact) mass is 465 g/mol. The molecule has 1 aromatic heterocycles. The predicted octanol–water partition coefficient (Wildman–Crippen LogP) is 2.63. The first-order valence-electron chi connectivity index (χ1n) is 10.6. The van der Waals surface area contributed by atoms with Crippen LogP contribution >= 0.6 is 0 Å². The van der Waals surface area contributed by atoms with Gasteiger partial charge in [0.1, 0.15) is 6.17 Å². The van der Waals surface area contributed by atoms with E-state index in [9.17, 15) is 27.6 Å². The van der Waals surface area contributed by atoms with E-state index in [4.69, 9.17) is 5.73 Å². The van der Waals surface area contributed by atoms with E-state index in [1.807, 2.05) is 0 Å². The second-order valence-electron chi connectivity index (χ2n) is 7.99. The average Bonchev–Trinajstić information content (AvgIpc) is 3.24. The molecule has 0 radical (unpaired) electrons. The zero-order valence-electron chi connectivity index (χ0n) is 18.3. The molecule has 33 heavy (non-hydrogen) atoms. The van der Waals surface area contributed by atoms with Gasteiger partial charge in [0, 0.05) is 24.7 Å². The molecule has 7 nitrogen and oxygen atoms in total. The Morgan fingerprint density at radius 3 is 2.39 bits per heavy atom. The molecule has 1 amide bonds. The number of ether oxygens (including phenoxy) is 1. The summed E-state index contributed by atoms with van der Waals surface area (Å²) in [5.74, 6) is -2.50. The quantitative estimate of drug-likeness (QED) is 0.635. The highest BCUT2D eigenvalue weighted by atomic mass is 19.3. The van der Waals surface area contributed by atoms with E-state index in [2.05, 4.69) is 4.74 Å². The molecule has 1 fully saturated rings. The second-order valence-corrected chi connectivity index (χ2v) is 7.99. The van der Waals surface area contributed by atoms with Gasteiger partial charge in [0.25, 0.3) is 5.56 Å². The molecule has 0 unspecified atom stereocenters. The molecule has 2 aromatic rings. The number of amides is 1. The Hall–Kier alpha value is -3.14. The van der Waals surface area contributed by atoms with Crippen molar-refractivity contribution in [3.63, 3.8) is 0 Å². The van der Waals surface area contributed by atoms with Crippen molar-refractivity contribution < 1.29 is 27.5 Å². The maximum Gasteiger partial charge on any atom is 0.429 e. The van der Waals surface area contributed by atoms with Crippen LogP contribution in [0.3, 0.4) is 0 Å². The Balaban J connectivity index is 1.80. The lowest BCUT2D eigenvalue weighted by Crippen LogP contribution is -2.45. The molecule has 178 valence electrons. The molecule has 1 aliphatic heterocycles. The van der Waals surface area contributed by atoms with Crippen molar-refractivity contribution in [3.05, 3.63) is 58.5 Å². The Kier molecular flexibility index (Phi) is 7.26. The standard InChI is InChI=1S/C23H26F3N3O4/c1-3-33-22(32)23(25,26)29-12-17(8-9-19(29)30)16-6-4-15(5-7-16)14(2)20(27)21(31)28-11-10-18(24)13-28/h4-9,12,14,18,20H,3,10-11,13,27H2,1-2H3/t14-,18-,20-/m0/s1. The summed E-state index contributed by atoms with van der Waals surface area (Å²) in [6, 6.07) is 4.00. The number of hydrogen-bond acceptors (Lipinski definition) is 5. The van der Waals surface area contributed by atoms with Crippen molar-refractivity contribution in [1.82, 2.24) is 9.47 Å². The lowest BCUT2D eigenvalue weighted by molar-refractivity contribution is -0.188. The molecule has 1 aromatic carbocycles. The number of halogens is 3. The first kappa shape index (κ1) is 24.5. The first-order chi connectivity index (χ1) is 15.6. The second kappa shape index (κ2) is 9.78. The number of aromatic nitrogens is 1. The normalized spacial score (nSPS) is 18.1. The van der Waals surface area contributed by atoms with Crippen molar-refractivity contribution in [2.75, 3.05) is 19.7 Å². The molecule has 0 bridgehead atoms. The van der Waals surface area contributed by atoms with Gasteiger partial charge in [-0.2, -0.15) is 8.78 Å². The van der Waals surface area contributed by atoms with Crippen molar-refractivity contribution >= 4 is 11.9 Å². The molecule has 3 rings (SSSR count). The van der Waals surface area contributed by atoms with Crippen molar-refractivity contribution in [1.29, 1.82) is 0 Å². The highest BCUT2D eigenvalue weighted by Gasteiger charge is 2.43. The van der Waals surface area contributed by atoms with Crippen molar-refractivity contribution in [3.8, 4) is 11.1 Å². The van der Waals surface area contributed by atoms with Gasteiger partial charge in [-0.3, -0.25) is 9.59 Å². The Morgan fingerprint density at radius 2 is 1.82 bits per heavy atom. The Labute approximate surface area is 188 Å². The van der Waals surface area contributed by atoms with E-state index in [1.165, 1.54) is 17.9 Å². The summed E-state index contributed by atoms with van der Waals surface area (Å²) in [5, 5.41) is 0. The maximum atomic E-state index is 14.4. The van der Waals surface area contributed by atoms with Crippen LogP contribution in [0.2, 0.25) is 0 Å². The number of esters is 1. The van der Waals surface area contributed by atoms with Crippen LogP contribution in [0.4, 0.5) is 13.2 Å². The summed E-state index contributed by atoms with van der Waals surface area (Å²) < 4.78 is 46.6. The van der Waals surface area contributed by atoms with Gasteiger partial charge in [-0.25, -0.2) is 13.8 Å². The van der Waals surface area contributed by atoms with Crippen molar-refractivity contribution in [2.45, 2.75) is 44.4 Å². The van der Waals surface area contributed by atoms with Crippen LogP contribution < -0.4 is 11.3 Å². The van der Waals surface area contributed by atoms with Gasteiger partial charge in [-0.1, -0.05) is 31.2 Å². The number of carbonyl (C=O) groups is 2. The molecule has 1 saturated heterocycles. The summed E-state index contributed by atoms with van der Waals surface area (Å²) in [5.41, 5.74) is 6.61. The predicted molar refractivity (Wildman–Crippen MR) is 115 cm³/mol. The highest BCUT2D eigenvalue weighted by molar-refractivity contribution is 5.83. The molecule has 3 atom stereocenters. The number of likely N-dealkylation sites (tertiary alicyclic amines) is 1. The highest BCUT2D eigenvalue weighted by Crippen LogP contribution is 2.27. The number of alkyl halides is 3. The third kappa shape index (κ3) is 5.11. The minimum Gasteiger partial charge on any atom is -0.460 e. The van der Waals surface area contributed by atoms with Gasteiger partial charge >= 0.3 is 12.0 Å². The van der Waals surface area contributed by atoms with Gasteiger partial charge in [-0.05, 0) is 36.1 Å².